The van der Waals surface area contributed by atoms with Crippen molar-refractivity contribution in [3.05, 3.63) is 29.3 Å². The highest BCUT2D eigenvalue weighted by Gasteiger charge is 2.29. The fourth-order valence-corrected chi connectivity index (χ4v) is 4.59. The van der Waals surface area contributed by atoms with Crippen LogP contribution in [-0.2, 0) is 33.1 Å². The summed E-state index contributed by atoms with van der Waals surface area (Å²) in [6.45, 7) is 4.50. The van der Waals surface area contributed by atoms with Gasteiger partial charge in [-0.3, -0.25) is 0 Å². The molecule has 1 aliphatic heterocycles. The minimum Gasteiger partial charge on any atom is -0.237 e. The Morgan fingerprint density at radius 2 is 1.95 bits per heavy atom. The van der Waals surface area contributed by atoms with Crippen LogP contribution in [0.4, 0.5) is 0 Å². The number of rotatable bonds is 4. The van der Waals surface area contributed by atoms with Gasteiger partial charge in [0.2, 0.25) is 10.0 Å². The third-order valence-corrected chi connectivity index (χ3v) is 6.29. The second-order valence-corrected chi connectivity index (χ2v) is 8.87. The molecule has 19 heavy (non-hydrogen) atoms. The van der Waals surface area contributed by atoms with Gasteiger partial charge in [0.15, 0.2) is 0 Å². The van der Waals surface area contributed by atoms with Crippen molar-refractivity contribution in [2.45, 2.75) is 31.8 Å². The van der Waals surface area contributed by atoms with Gasteiger partial charge in [0.25, 0.3) is 0 Å². The van der Waals surface area contributed by atoms with Gasteiger partial charge in [-0.15, -0.1) is 0 Å². The fourth-order valence-electron chi connectivity index (χ4n) is 2.16. The highest BCUT2D eigenvalue weighted by Crippen LogP contribution is 2.28. The molecule has 0 saturated carbocycles. The van der Waals surface area contributed by atoms with E-state index in [9.17, 15) is 12.6 Å². The van der Waals surface area contributed by atoms with Crippen LogP contribution in [0.5, 0.6) is 0 Å². The summed E-state index contributed by atoms with van der Waals surface area (Å²) in [4.78, 5) is 0.517. The van der Waals surface area contributed by atoms with E-state index in [0.29, 0.717) is 18.0 Å². The molecular formula is C12H16ClNO3S2. The summed E-state index contributed by atoms with van der Waals surface area (Å²) in [6.07, 6.45) is 0. The SMILES string of the molecule is CC(C)CS(=O)(=O)N1Cc2ccc(S(=O)Cl)cc2C1. The van der Waals surface area contributed by atoms with Crippen molar-refractivity contribution in [2.75, 3.05) is 5.75 Å². The van der Waals surface area contributed by atoms with E-state index in [0.717, 1.165) is 11.1 Å². The first kappa shape index (κ1) is 15.0. The van der Waals surface area contributed by atoms with Crippen LogP contribution < -0.4 is 0 Å². The van der Waals surface area contributed by atoms with Crippen LogP contribution in [-0.4, -0.2) is 22.7 Å². The lowest BCUT2D eigenvalue weighted by molar-refractivity contribution is 0.426. The molecule has 7 heteroatoms. The second-order valence-electron chi connectivity index (χ2n) is 5.09. The fraction of sp³-hybridized carbons (Fsp3) is 0.500. The summed E-state index contributed by atoms with van der Waals surface area (Å²) in [6, 6.07) is 5.21. The van der Waals surface area contributed by atoms with Crippen LogP contribution in [0.15, 0.2) is 23.1 Å². The zero-order chi connectivity index (χ0) is 14.2. The first-order chi connectivity index (χ1) is 8.79. The van der Waals surface area contributed by atoms with E-state index in [1.165, 1.54) is 4.31 Å². The van der Waals surface area contributed by atoms with E-state index in [4.69, 9.17) is 10.7 Å². The predicted octanol–water partition coefficient (Wildman–Crippen LogP) is 2.25. The monoisotopic (exact) mass is 321 g/mol. The zero-order valence-electron chi connectivity index (χ0n) is 10.8. The molecule has 1 aliphatic rings. The van der Waals surface area contributed by atoms with E-state index < -0.39 is 20.0 Å². The molecule has 1 aromatic rings. The van der Waals surface area contributed by atoms with Crippen LogP contribution >= 0.6 is 10.7 Å². The van der Waals surface area contributed by atoms with E-state index in [2.05, 4.69) is 0 Å². The van der Waals surface area contributed by atoms with E-state index in [1.54, 1.807) is 18.2 Å². The van der Waals surface area contributed by atoms with Crippen LogP contribution in [0, 0.1) is 5.92 Å². The van der Waals surface area contributed by atoms with Crippen molar-refractivity contribution in [1.82, 2.24) is 4.31 Å². The molecule has 0 spiro atoms. The molecular weight excluding hydrogens is 306 g/mol. The topological polar surface area (TPSA) is 54.5 Å². The maximum atomic E-state index is 12.2. The summed E-state index contributed by atoms with van der Waals surface area (Å²) in [7, 11) is 0.746. The quantitative estimate of drug-likeness (QED) is 0.799. The molecule has 0 saturated heterocycles. The highest BCUT2D eigenvalue weighted by atomic mass is 35.7. The molecule has 0 N–H and O–H groups in total. The van der Waals surface area contributed by atoms with Crippen molar-refractivity contribution in [3.63, 3.8) is 0 Å². The lowest BCUT2D eigenvalue weighted by Gasteiger charge is -2.16. The molecule has 0 aliphatic carbocycles. The van der Waals surface area contributed by atoms with Gasteiger partial charge >= 0.3 is 0 Å². The Morgan fingerprint density at radius 1 is 1.32 bits per heavy atom. The van der Waals surface area contributed by atoms with Gasteiger partial charge in [0, 0.05) is 13.1 Å². The maximum absolute atomic E-state index is 12.2. The predicted molar refractivity (Wildman–Crippen MR) is 76.6 cm³/mol. The standard InChI is InChI=1S/C12H16ClNO3S2/c1-9(2)8-19(16,17)14-6-10-3-4-12(18(13)15)5-11(10)7-14/h3-5,9H,6-8H2,1-2H3. The van der Waals surface area contributed by atoms with Crippen molar-refractivity contribution in [3.8, 4) is 0 Å². The normalized spacial score (nSPS) is 17.7. The maximum Gasteiger partial charge on any atom is 0.214 e. The lowest BCUT2D eigenvalue weighted by Crippen LogP contribution is -2.29. The molecule has 106 valence electrons. The molecule has 0 bridgehead atoms. The number of sulfonamides is 1. The molecule has 0 fully saturated rings. The number of nitrogens with zero attached hydrogens (tertiary/aromatic N) is 1. The molecule has 1 aromatic carbocycles. The summed E-state index contributed by atoms with van der Waals surface area (Å²) in [5.41, 5.74) is 1.84. The van der Waals surface area contributed by atoms with Crippen molar-refractivity contribution in [1.29, 1.82) is 0 Å². The average molecular weight is 322 g/mol. The number of halogens is 1. The molecule has 0 amide bonds. The first-order valence-corrected chi connectivity index (χ1v) is 9.56. The largest absolute Gasteiger partial charge is 0.237 e. The van der Waals surface area contributed by atoms with Gasteiger partial charge in [0.05, 0.1) is 10.6 Å². The van der Waals surface area contributed by atoms with Crippen molar-refractivity contribution in [2.24, 2.45) is 5.92 Å². The Morgan fingerprint density at radius 3 is 2.53 bits per heavy atom. The summed E-state index contributed by atoms with van der Waals surface area (Å²) in [5, 5.41) is 0. The molecule has 1 heterocycles. The average Bonchev–Trinajstić information content (AvgIpc) is 2.70. The van der Waals surface area contributed by atoms with E-state index in [1.807, 2.05) is 13.8 Å². The van der Waals surface area contributed by atoms with Crippen LogP contribution in [0.25, 0.3) is 0 Å². The van der Waals surface area contributed by atoms with Gasteiger partial charge in [0.1, 0.15) is 10.0 Å². The summed E-state index contributed by atoms with van der Waals surface area (Å²) in [5.74, 6) is 0.245. The van der Waals surface area contributed by atoms with E-state index in [-0.39, 0.29) is 11.7 Å². The molecule has 4 nitrogen and oxygen atoms in total. The van der Waals surface area contributed by atoms with Crippen LogP contribution in [0.1, 0.15) is 25.0 Å². The Kier molecular flexibility index (Phi) is 4.35. The van der Waals surface area contributed by atoms with Gasteiger partial charge in [-0.05, 0) is 39.9 Å². The van der Waals surface area contributed by atoms with Crippen molar-refractivity contribution >= 4 is 30.7 Å². The molecule has 1 atom stereocenters. The van der Waals surface area contributed by atoms with Gasteiger partial charge < -0.3 is 0 Å². The zero-order valence-corrected chi connectivity index (χ0v) is 13.2. The van der Waals surface area contributed by atoms with E-state index >= 15 is 0 Å². The van der Waals surface area contributed by atoms with Crippen LogP contribution in [0.2, 0.25) is 0 Å². The number of hydrogen-bond donors (Lipinski definition) is 0. The number of benzene rings is 1. The molecule has 1 unspecified atom stereocenters. The van der Waals surface area contributed by atoms with Crippen molar-refractivity contribution < 1.29 is 12.6 Å². The Labute approximate surface area is 120 Å². The Hall–Kier alpha value is -0.430. The number of fused-ring (bicyclic) bond motifs is 1. The third kappa shape index (κ3) is 3.37. The summed E-state index contributed by atoms with van der Waals surface area (Å²) < 4.78 is 37.0. The molecule has 0 radical (unpaired) electrons. The minimum absolute atomic E-state index is 0.0969. The van der Waals surface area contributed by atoms with Gasteiger partial charge in [-0.25, -0.2) is 12.6 Å². The first-order valence-electron chi connectivity index (χ1n) is 5.97. The molecule has 2 rings (SSSR count). The number of hydrogen-bond acceptors (Lipinski definition) is 3. The van der Waals surface area contributed by atoms with Crippen LogP contribution in [0.3, 0.4) is 0 Å². The molecule has 0 aromatic heterocycles. The summed E-state index contributed by atoms with van der Waals surface area (Å²) >= 11 is 0. The second kappa shape index (κ2) is 5.52. The lowest BCUT2D eigenvalue weighted by atomic mass is 10.1. The third-order valence-electron chi connectivity index (χ3n) is 2.99. The highest BCUT2D eigenvalue weighted by molar-refractivity contribution is 8.08. The van der Waals surface area contributed by atoms with Gasteiger partial charge in [-0.2, -0.15) is 4.31 Å². The Balaban J connectivity index is 2.23. The van der Waals surface area contributed by atoms with Gasteiger partial charge in [-0.1, -0.05) is 19.9 Å². The smallest absolute Gasteiger partial charge is 0.214 e. The Bertz CT molecular complexity index is 613. The minimum atomic E-state index is -3.24.